The van der Waals surface area contributed by atoms with Gasteiger partial charge in [-0.05, 0) is 24.5 Å². The molecule has 2 aromatic heterocycles. The van der Waals surface area contributed by atoms with Gasteiger partial charge in [-0.1, -0.05) is 4.49 Å². The molecule has 0 unspecified atom stereocenters. The highest BCUT2D eigenvalue weighted by atomic mass is 32.1. The lowest BCUT2D eigenvalue weighted by atomic mass is 10.4. The van der Waals surface area contributed by atoms with E-state index in [4.69, 9.17) is 0 Å². The van der Waals surface area contributed by atoms with Crippen molar-refractivity contribution in [3.05, 3.63) is 18.0 Å². The summed E-state index contributed by atoms with van der Waals surface area (Å²) in [5.74, 6) is 0. The molecule has 0 aliphatic heterocycles. The van der Waals surface area contributed by atoms with Crippen molar-refractivity contribution < 1.29 is 0 Å². The van der Waals surface area contributed by atoms with Gasteiger partial charge >= 0.3 is 0 Å². The lowest BCUT2D eigenvalue weighted by Gasteiger charge is -1.86. The molecule has 0 aliphatic carbocycles. The summed E-state index contributed by atoms with van der Waals surface area (Å²) in [7, 11) is 0. The number of aromatic nitrogens is 3. The number of nitrogens with zero attached hydrogens (tertiary/aromatic N) is 3. The lowest BCUT2D eigenvalue weighted by molar-refractivity contribution is 1.17. The largest absolute Gasteiger partial charge is 0.259 e. The topological polar surface area (TPSA) is 38.7 Å². The minimum absolute atomic E-state index is 0.885. The van der Waals surface area contributed by atoms with Gasteiger partial charge in [0.25, 0.3) is 0 Å². The molecule has 0 spiro atoms. The average molecular weight is 151 g/mol. The summed E-state index contributed by atoms with van der Waals surface area (Å²) in [5, 5.41) is 3.87. The molecule has 0 amide bonds. The summed E-state index contributed by atoms with van der Waals surface area (Å²) < 4.78 is 4.90. The number of fused-ring (bicyclic) bond motifs is 1. The van der Waals surface area contributed by atoms with Gasteiger partial charge in [-0.3, -0.25) is 4.98 Å². The van der Waals surface area contributed by atoms with Crippen LogP contribution in [0.3, 0.4) is 0 Å². The first-order valence-corrected chi connectivity index (χ1v) is 3.68. The molecule has 2 heterocycles. The quantitative estimate of drug-likeness (QED) is 0.571. The van der Waals surface area contributed by atoms with Crippen LogP contribution in [0, 0.1) is 6.92 Å². The van der Waals surface area contributed by atoms with Gasteiger partial charge in [-0.25, -0.2) is 0 Å². The fraction of sp³-hybridized carbons (Fsp3) is 0.167. The Bertz CT molecular complexity index is 355. The van der Waals surface area contributed by atoms with Crippen molar-refractivity contribution in [1.29, 1.82) is 0 Å². The van der Waals surface area contributed by atoms with E-state index in [-0.39, 0.29) is 0 Å². The standard InChI is InChI=1S/C6H5N3S/c1-4-2-6-5(3-7-4)8-9-10-6/h2-3H,1H3. The van der Waals surface area contributed by atoms with Gasteiger partial charge in [0, 0.05) is 5.69 Å². The van der Waals surface area contributed by atoms with E-state index in [0.717, 1.165) is 15.9 Å². The number of pyridine rings is 1. The third-order valence-corrected chi connectivity index (χ3v) is 1.96. The van der Waals surface area contributed by atoms with E-state index in [1.54, 1.807) is 6.20 Å². The second kappa shape index (κ2) is 1.98. The van der Waals surface area contributed by atoms with Crippen LogP contribution >= 0.6 is 11.5 Å². The third kappa shape index (κ3) is 0.769. The van der Waals surface area contributed by atoms with Crippen molar-refractivity contribution in [2.24, 2.45) is 0 Å². The zero-order valence-electron chi connectivity index (χ0n) is 5.40. The first-order chi connectivity index (χ1) is 4.86. The second-order valence-electron chi connectivity index (χ2n) is 2.07. The Morgan fingerprint density at radius 1 is 1.50 bits per heavy atom. The van der Waals surface area contributed by atoms with Gasteiger partial charge in [-0.15, -0.1) is 5.10 Å². The predicted molar refractivity (Wildman–Crippen MR) is 39.9 cm³/mol. The Kier molecular flexibility index (Phi) is 1.14. The average Bonchev–Trinajstić information content (AvgIpc) is 2.33. The van der Waals surface area contributed by atoms with Crippen LogP contribution in [0.4, 0.5) is 0 Å². The van der Waals surface area contributed by atoms with Crippen molar-refractivity contribution in [3.63, 3.8) is 0 Å². The van der Waals surface area contributed by atoms with E-state index >= 15 is 0 Å². The molecule has 3 nitrogen and oxygen atoms in total. The normalized spacial score (nSPS) is 10.5. The van der Waals surface area contributed by atoms with Gasteiger partial charge < -0.3 is 0 Å². The van der Waals surface area contributed by atoms with Gasteiger partial charge in [0.1, 0.15) is 5.52 Å². The third-order valence-electron chi connectivity index (χ3n) is 1.27. The molecule has 0 aromatic carbocycles. The summed E-state index contributed by atoms with van der Waals surface area (Å²) >= 11 is 1.40. The zero-order valence-corrected chi connectivity index (χ0v) is 6.22. The van der Waals surface area contributed by atoms with Crippen LogP contribution < -0.4 is 0 Å². The second-order valence-corrected chi connectivity index (χ2v) is 2.85. The Hall–Kier alpha value is -1.03. The van der Waals surface area contributed by atoms with E-state index in [1.807, 2.05) is 13.0 Å². The van der Waals surface area contributed by atoms with Crippen LogP contribution in [-0.2, 0) is 0 Å². The monoisotopic (exact) mass is 151 g/mol. The van der Waals surface area contributed by atoms with Crippen molar-refractivity contribution in [3.8, 4) is 0 Å². The molecule has 0 atom stereocenters. The molecular weight excluding hydrogens is 146 g/mol. The van der Waals surface area contributed by atoms with Crippen LogP contribution in [0.25, 0.3) is 10.2 Å². The minimum atomic E-state index is 0.885. The van der Waals surface area contributed by atoms with Crippen molar-refractivity contribution in [1.82, 2.24) is 14.6 Å². The first-order valence-electron chi connectivity index (χ1n) is 2.91. The lowest BCUT2D eigenvalue weighted by Crippen LogP contribution is -1.77. The molecule has 50 valence electrons. The molecule has 0 radical (unpaired) electrons. The van der Waals surface area contributed by atoms with E-state index < -0.39 is 0 Å². The minimum Gasteiger partial charge on any atom is -0.259 e. The molecular formula is C6H5N3S. The summed E-state index contributed by atoms with van der Waals surface area (Å²) in [5.41, 5.74) is 1.90. The molecule has 0 saturated carbocycles. The molecule has 0 fully saturated rings. The highest BCUT2D eigenvalue weighted by Gasteiger charge is 1.96. The summed E-state index contributed by atoms with van der Waals surface area (Å²) in [6.45, 7) is 1.96. The molecule has 2 rings (SSSR count). The first kappa shape index (κ1) is 5.73. The molecule has 0 saturated heterocycles. The number of hydrogen-bond donors (Lipinski definition) is 0. The van der Waals surface area contributed by atoms with Crippen LogP contribution in [0.5, 0.6) is 0 Å². The Morgan fingerprint density at radius 3 is 3.30 bits per heavy atom. The summed E-state index contributed by atoms with van der Waals surface area (Å²) in [4.78, 5) is 4.08. The molecule has 0 bridgehead atoms. The van der Waals surface area contributed by atoms with Gasteiger partial charge in [0.15, 0.2) is 0 Å². The Balaban J connectivity index is 2.86. The van der Waals surface area contributed by atoms with Crippen LogP contribution in [-0.4, -0.2) is 14.6 Å². The van der Waals surface area contributed by atoms with E-state index in [9.17, 15) is 0 Å². The van der Waals surface area contributed by atoms with Crippen LogP contribution in [0.1, 0.15) is 5.69 Å². The number of rotatable bonds is 0. The fourth-order valence-electron chi connectivity index (χ4n) is 0.784. The van der Waals surface area contributed by atoms with E-state index in [1.165, 1.54) is 11.5 Å². The van der Waals surface area contributed by atoms with Gasteiger partial charge in [-0.2, -0.15) is 0 Å². The van der Waals surface area contributed by atoms with E-state index in [0.29, 0.717) is 0 Å². The van der Waals surface area contributed by atoms with E-state index in [2.05, 4.69) is 14.6 Å². The molecule has 0 aliphatic rings. The predicted octanol–water partition coefficient (Wildman–Crippen LogP) is 1.39. The highest BCUT2D eigenvalue weighted by molar-refractivity contribution is 7.12. The van der Waals surface area contributed by atoms with Gasteiger partial charge in [0.2, 0.25) is 0 Å². The number of aryl methyl sites for hydroxylation is 1. The number of hydrogen-bond acceptors (Lipinski definition) is 4. The maximum Gasteiger partial charge on any atom is 0.124 e. The Labute approximate surface area is 61.9 Å². The molecule has 10 heavy (non-hydrogen) atoms. The van der Waals surface area contributed by atoms with Crippen molar-refractivity contribution >= 4 is 21.7 Å². The van der Waals surface area contributed by atoms with Crippen molar-refractivity contribution in [2.45, 2.75) is 6.92 Å². The Morgan fingerprint density at radius 2 is 2.40 bits per heavy atom. The molecule has 2 aromatic rings. The summed E-state index contributed by atoms with van der Waals surface area (Å²) in [6, 6.07) is 1.99. The van der Waals surface area contributed by atoms with Gasteiger partial charge in [0.05, 0.1) is 10.9 Å². The molecule has 4 heteroatoms. The SMILES string of the molecule is Cc1cc2snnc2cn1. The van der Waals surface area contributed by atoms with Crippen LogP contribution in [0.15, 0.2) is 12.3 Å². The van der Waals surface area contributed by atoms with Crippen molar-refractivity contribution in [2.75, 3.05) is 0 Å². The summed E-state index contributed by atoms with van der Waals surface area (Å²) in [6.07, 6.45) is 1.74. The smallest absolute Gasteiger partial charge is 0.124 e. The van der Waals surface area contributed by atoms with Crippen LogP contribution in [0.2, 0.25) is 0 Å². The maximum absolute atomic E-state index is 4.08. The highest BCUT2D eigenvalue weighted by Crippen LogP contribution is 2.13. The molecule has 0 N–H and O–H groups in total. The maximum atomic E-state index is 4.08. The zero-order chi connectivity index (χ0) is 6.97. The fourth-order valence-corrected chi connectivity index (χ4v) is 1.41.